The van der Waals surface area contributed by atoms with Gasteiger partial charge in [-0.2, -0.15) is 0 Å². The molecule has 1 rings (SSSR count). The summed E-state index contributed by atoms with van der Waals surface area (Å²) in [7, 11) is 4.02. The summed E-state index contributed by atoms with van der Waals surface area (Å²) in [4.78, 5) is 3.98. The van der Waals surface area contributed by atoms with E-state index in [2.05, 4.69) is 11.5 Å². The van der Waals surface area contributed by atoms with Crippen molar-refractivity contribution in [1.29, 1.82) is 0 Å². The van der Waals surface area contributed by atoms with Crippen molar-refractivity contribution in [1.82, 2.24) is 9.80 Å². The number of likely N-dealkylation sites (tertiary alicyclic amines) is 1. The molecule has 1 aliphatic rings. The molecule has 0 N–H and O–H groups in total. The molecular weight excluding hydrogens is 216 g/mol. The van der Waals surface area contributed by atoms with Crippen molar-refractivity contribution >= 4 is 6.98 Å². The predicted molar refractivity (Wildman–Crippen MR) is 61.4 cm³/mol. The molecule has 1 saturated heterocycles. The van der Waals surface area contributed by atoms with E-state index in [1.165, 1.54) is 0 Å². The second kappa shape index (κ2) is 5.23. The third-order valence-corrected chi connectivity index (χ3v) is 3.18. The van der Waals surface area contributed by atoms with Crippen LogP contribution < -0.4 is 0 Å². The zero-order valence-corrected chi connectivity index (χ0v) is 9.93. The zero-order chi connectivity index (χ0) is 12.3. The summed E-state index contributed by atoms with van der Waals surface area (Å²) in [5.41, 5.74) is -0.580. The summed E-state index contributed by atoms with van der Waals surface area (Å²) in [6.07, 6.45) is 1.87. The number of piperidine rings is 1. The van der Waals surface area contributed by atoms with Crippen molar-refractivity contribution < 1.29 is 12.9 Å². The molecule has 0 radical (unpaired) electrons. The Labute approximate surface area is 95.2 Å². The zero-order valence-electron chi connectivity index (χ0n) is 9.93. The molecular formula is C10H19BF3N2-. The smallest absolute Gasteiger partial charge is 0.445 e. The maximum atomic E-state index is 12.3. The minimum absolute atomic E-state index is 0.0242. The van der Waals surface area contributed by atoms with Crippen LogP contribution in [-0.2, 0) is 0 Å². The average Bonchev–Trinajstić information content (AvgIpc) is 2.17. The lowest BCUT2D eigenvalue weighted by Crippen LogP contribution is -2.43. The highest BCUT2D eigenvalue weighted by atomic mass is 19.4. The van der Waals surface area contributed by atoms with Crippen LogP contribution in [0.1, 0.15) is 12.8 Å². The first kappa shape index (κ1) is 13.6. The van der Waals surface area contributed by atoms with E-state index >= 15 is 0 Å². The van der Waals surface area contributed by atoms with Gasteiger partial charge in [-0.3, -0.25) is 0 Å². The Bertz CT molecular complexity index is 245. The first-order chi connectivity index (χ1) is 7.30. The summed E-state index contributed by atoms with van der Waals surface area (Å²) in [5.74, 6) is 0. The van der Waals surface area contributed by atoms with Crippen molar-refractivity contribution in [2.45, 2.75) is 18.9 Å². The molecule has 1 heterocycles. The number of hydrogen-bond donors (Lipinski definition) is 0. The van der Waals surface area contributed by atoms with Gasteiger partial charge in [0.25, 0.3) is 0 Å². The molecule has 0 aliphatic carbocycles. The molecule has 0 aromatic heterocycles. The molecule has 0 bridgehead atoms. The Kier molecular flexibility index (Phi) is 4.44. The van der Waals surface area contributed by atoms with Crippen LogP contribution in [0.25, 0.3) is 0 Å². The topological polar surface area (TPSA) is 6.48 Å². The van der Waals surface area contributed by atoms with Gasteiger partial charge in [-0.15, -0.1) is 12.1 Å². The van der Waals surface area contributed by atoms with Gasteiger partial charge in [-0.05, 0) is 46.6 Å². The molecule has 0 aromatic carbocycles. The molecule has 1 fully saturated rings. The van der Waals surface area contributed by atoms with Crippen LogP contribution in [0.3, 0.4) is 0 Å². The van der Waals surface area contributed by atoms with E-state index in [4.69, 9.17) is 0 Å². The molecule has 16 heavy (non-hydrogen) atoms. The van der Waals surface area contributed by atoms with Gasteiger partial charge in [-0.1, -0.05) is 0 Å². The lowest BCUT2D eigenvalue weighted by molar-refractivity contribution is 0.153. The summed E-state index contributed by atoms with van der Waals surface area (Å²) in [5, 5.41) is 0. The molecule has 2 nitrogen and oxygen atoms in total. The van der Waals surface area contributed by atoms with Crippen LogP contribution in [0.15, 0.2) is 12.1 Å². The van der Waals surface area contributed by atoms with Crippen molar-refractivity contribution in [2.24, 2.45) is 0 Å². The van der Waals surface area contributed by atoms with Crippen molar-refractivity contribution in [3.05, 3.63) is 12.1 Å². The fraction of sp³-hybridized carbons (Fsp3) is 0.800. The third kappa shape index (κ3) is 3.83. The maximum Gasteiger partial charge on any atom is 0.506 e. The summed E-state index contributed by atoms with van der Waals surface area (Å²) in [6, 6.07) is 0.501. The van der Waals surface area contributed by atoms with Crippen LogP contribution in [0.2, 0.25) is 0 Å². The lowest BCUT2D eigenvalue weighted by Gasteiger charge is -2.36. The van der Waals surface area contributed by atoms with Gasteiger partial charge in [0.1, 0.15) is 0 Å². The van der Waals surface area contributed by atoms with E-state index in [9.17, 15) is 12.9 Å². The van der Waals surface area contributed by atoms with E-state index in [-0.39, 0.29) is 6.54 Å². The van der Waals surface area contributed by atoms with Crippen LogP contribution in [0.5, 0.6) is 0 Å². The maximum absolute atomic E-state index is 12.3. The Morgan fingerprint density at radius 3 is 2.19 bits per heavy atom. The third-order valence-electron chi connectivity index (χ3n) is 3.18. The monoisotopic (exact) mass is 235 g/mol. The van der Waals surface area contributed by atoms with Gasteiger partial charge in [0.15, 0.2) is 0 Å². The van der Waals surface area contributed by atoms with E-state index in [1.54, 1.807) is 0 Å². The lowest BCUT2D eigenvalue weighted by atomic mass is 9.80. The normalized spacial score (nSPS) is 20.4. The van der Waals surface area contributed by atoms with Crippen LogP contribution in [0.4, 0.5) is 12.9 Å². The first-order valence-electron chi connectivity index (χ1n) is 5.57. The van der Waals surface area contributed by atoms with E-state index in [1.807, 2.05) is 19.0 Å². The standard InChI is InChI=1S/C10H19BF3N2/c1-9(11(12,13)14)8-16-6-4-10(5-7-16)15(2)3/h10H,1,4-8H2,2-3H3/q-1. The van der Waals surface area contributed by atoms with E-state index in [0.29, 0.717) is 6.04 Å². The minimum Gasteiger partial charge on any atom is -0.445 e. The highest BCUT2D eigenvalue weighted by Gasteiger charge is 2.29. The number of halogens is 3. The Hall–Kier alpha value is -0.485. The molecule has 0 aromatic rings. The molecule has 0 atom stereocenters. The van der Waals surface area contributed by atoms with Crippen LogP contribution in [-0.4, -0.2) is 56.5 Å². The second-order valence-corrected chi connectivity index (χ2v) is 4.70. The van der Waals surface area contributed by atoms with Gasteiger partial charge in [0, 0.05) is 6.04 Å². The molecule has 94 valence electrons. The van der Waals surface area contributed by atoms with Gasteiger partial charge >= 0.3 is 6.98 Å². The molecule has 0 unspecified atom stereocenters. The van der Waals surface area contributed by atoms with Crippen LogP contribution in [0, 0.1) is 0 Å². The van der Waals surface area contributed by atoms with Crippen LogP contribution >= 0.6 is 0 Å². The highest BCUT2D eigenvalue weighted by molar-refractivity contribution is 6.66. The predicted octanol–water partition coefficient (Wildman–Crippen LogP) is 1.96. The van der Waals surface area contributed by atoms with E-state index < -0.39 is 12.4 Å². The average molecular weight is 235 g/mol. The molecule has 6 heteroatoms. The Morgan fingerprint density at radius 1 is 1.31 bits per heavy atom. The van der Waals surface area contributed by atoms with Crippen molar-refractivity contribution in [3.63, 3.8) is 0 Å². The second-order valence-electron chi connectivity index (χ2n) is 4.70. The van der Waals surface area contributed by atoms with Crippen molar-refractivity contribution in [3.8, 4) is 0 Å². The molecule has 1 aliphatic heterocycles. The SMILES string of the molecule is C=C(CN1CCC(N(C)C)CC1)[B-](F)(F)F. The first-order valence-corrected chi connectivity index (χ1v) is 5.57. The fourth-order valence-electron chi connectivity index (χ4n) is 1.98. The van der Waals surface area contributed by atoms with Gasteiger partial charge < -0.3 is 22.7 Å². The van der Waals surface area contributed by atoms with Gasteiger partial charge in [-0.25, -0.2) is 0 Å². The number of rotatable bonds is 4. The highest BCUT2D eigenvalue weighted by Crippen LogP contribution is 2.21. The summed E-state index contributed by atoms with van der Waals surface area (Å²) >= 11 is 0. The van der Waals surface area contributed by atoms with Gasteiger partial charge in [0.05, 0.1) is 0 Å². The quantitative estimate of drug-likeness (QED) is 0.687. The minimum atomic E-state index is -4.87. The number of nitrogens with zero attached hydrogens (tertiary/aromatic N) is 2. The summed E-state index contributed by atoms with van der Waals surface area (Å²) < 4.78 is 37.0. The summed E-state index contributed by atoms with van der Waals surface area (Å²) in [6.45, 7) is -0.311. The largest absolute Gasteiger partial charge is 0.506 e. The molecule has 0 amide bonds. The van der Waals surface area contributed by atoms with Gasteiger partial charge in [0.2, 0.25) is 0 Å². The fourth-order valence-corrected chi connectivity index (χ4v) is 1.98. The molecule has 0 spiro atoms. The molecule has 0 saturated carbocycles. The number of hydrogen-bond acceptors (Lipinski definition) is 2. The Morgan fingerprint density at radius 2 is 1.81 bits per heavy atom. The van der Waals surface area contributed by atoms with E-state index in [0.717, 1.165) is 25.9 Å². The van der Waals surface area contributed by atoms with Crippen molar-refractivity contribution in [2.75, 3.05) is 33.7 Å². The Balaban J connectivity index is 2.35.